The lowest BCUT2D eigenvalue weighted by molar-refractivity contribution is -0.209. The molecule has 0 aromatic carbocycles. The van der Waals surface area contributed by atoms with E-state index in [2.05, 4.69) is 6.58 Å². The van der Waals surface area contributed by atoms with Crippen LogP contribution >= 0.6 is 0 Å². The van der Waals surface area contributed by atoms with Crippen molar-refractivity contribution in [1.82, 2.24) is 0 Å². The van der Waals surface area contributed by atoms with Crippen LogP contribution in [0.15, 0.2) is 12.7 Å². The number of allylic oxidation sites excluding steroid dienone is 1. The predicted octanol–water partition coefficient (Wildman–Crippen LogP) is 3.44. The Hall–Kier alpha value is -0.750. The molecule has 0 aliphatic carbocycles. The molecule has 0 saturated heterocycles. The van der Waals surface area contributed by atoms with Crippen molar-refractivity contribution in [2.24, 2.45) is 0 Å². The summed E-state index contributed by atoms with van der Waals surface area (Å²) in [6.07, 6.45) is -14.1. The van der Waals surface area contributed by atoms with Crippen molar-refractivity contribution in [3.05, 3.63) is 12.7 Å². The zero-order valence-electron chi connectivity index (χ0n) is 6.79. The molecular formula is C7H7F7. The maximum Gasteiger partial charge on any atom is 0.394 e. The van der Waals surface area contributed by atoms with Gasteiger partial charge in [-0.15, -0.1) is 6.58 Å². The van der Waals surface area contributed by atoms with Gasteiger partial charge in [-0.05, 0) is 0 Å². The molecule has 0 N–H and O–H groups in total. The van der Waals surface area contributed by atoms with E-state index in [0.29, 0.717) is 0 Å². The lowest BCUT2D eigenvalue weighted by Gasteiger charge is -2.22. The van der Waals surface area contributed by atoms with Crippen molar-refractivity contribution < 1.29 is 30.7 Å². The minimum Gasteiger partial charge on any atom is -0.239 e. The van der Waals surface area contributed by atoms with E-state index in [4.69, 9.17) is 0 Å². The van der Waals surface area contributed by atoms with Crippen molar-refractivity contribution in [2.75, 3.05) is 0 Å². The van der Waals surface area contributed by atoms with E-state index in [-0.39, 0.29) is 6.08 Å². The summed E-state index contributed by atoms with van der Waals surface area (Å²) in [6, 6.07) is 0. The summed E-state index contributed by atoms with van der Waals surface area (Å²) in [4.78, 5) is 0. The normalized spacial score (nSPS) is 17.6. The Bertz CT molecular complexity index is 195. The Kier molecular flexibility index (Phi) is 3.96. The molecule has 0 aromatic rings. The number of hydrogen-bond donors (Lipinski definition) is 0. The molecule has 14 heavy (non-hydrogen) atoms. The van der Waals surface area contributed by atoms with Gasteiger partial charge in [0.15, 0.2) is 12.3 Å². The van der Waals surface area contributed by atoms with Gasteiger partial charge in [-0.2, -0.15) is 13.2 Å². The Morgan fingerprint density at radius 3 is 1.79 bits per heavy atom. The average molecular weight is 224 g/mol. The fourth-order valence-corrected chi connectivity index (χ4v) is 0.717. The van der Waals surface area contributed by atoms with Crippen LogP contribution in [-0.4, -0.2) is 24.4 Å². The molecule has 0 saturated carbocycles. The van der Waals surface area contributed by atoms with Gasteiger partial charge in [-0.25, -0.2) is 17.6 Å². The third-order valence-electron chi connectivity index (χ3n) is 1.34. The Morgan fingerprint density at radius 1 is 1.07 bits per heavy atom. The van der Waals surface area contributed by atoms with Crippen LogP contribution < -0.4 is 0 Å². The minimum absolute atomic E-state index is 0.189. The Balaban J connectivity index is 4.52. The second-order valence-corrected chi connectivity index (χ2v) is 2.63. The molecule has 0 rings (SSSR count). The van der Waals surface area contributed by atoms with Gasteiger partial charge in [-0.3, -0.25) is 0 Å². The molecule has 2 unspecified atom stereocenters. The summed E-state index contributed by atoms with van der Waals surface area (Å²) in [5.41, 5.74) is 0. The molecule has 0 amide bonds. The van der Waals surface area contributed by atoms with Gasteiger partial charge in [0.05, 0.1) is 0 Å². The third-order valence-corrected chi connectivity index (χ3v) is 1.34. The summed E-state index contributed by atoms with van der Waals surface area (Å²) in [5.74, 6) is -4.77. The largest absolute Gasteiger partial charge is 0.394 e. The number of rotatable bonds is 4. The minimum atomic E-state index is -5.24. The van der Waals surface area contributed by atoms with Crippen LogP contribution in [0.25, 0.3) is 0 Å². The van der Waals surface area contributed by atoms with E-state index in [1.807, 2.05) is 0 Å². The quantitative estimate of drug-likeness (QED) is 0.506. The van der Waals surface area contributed by atoms with Crippen molar-refractivity contribution in [1.29, 1.82) is 0 Å². The van der Waals surface area contributed by atoms with Crippen LogP contribution in [0.3, 0.4) is 0 Å². The van der Waals surface area contributed by atoms with Gasteiger partial charge in [0.25, 0.3) is 5.92 Å². The molecule has 0 heterocycles. The zero-order valence-corrected chi connectivity index (χ0v) is 6.79. The number of halogens is 7. The van der Waals surface area contributed by atoms with Crippen LogP contribution in [0.1, 0.15) is 6.42 Å². The lowest BCUT2D eigenvalue weighted by atomic mass is 10.1. The second-order valence-electron chi connectivity index (χ2n) is 2.63. The van der Waals surface area contributed by atoms with E-state index in [1.165, 1.54) is 0 Å². The first kappa shape index (κ1) is 13.2. The first-order valence-corrected chi connectivity index (χ1v) is 3.45. The predicted molar refractivity (Wildman–Crippen MR) is 35.6 cm³/mol. The highest BCUT2D eigenvalue weighted by molar-refractivity contribution is 4.93. The zero-order chi connectivity index (χ0) is 11.6. The molecule has 0 nitrogen and oxygen atoms in total. The lowest BCUT2D eigenvalue weighted by Crippen LogP contribution is -2.40. The molecule has 2 atom stereocenters. The molecule has 0 fully saturated rings. The molecule has 0 radical (unpaired) electrons. The average Bonchev–Trinajstić information content (AvgIpc) is 1.97. The van der Waals surface area contributed by atoms with Crippen molar-refractivity contribution in [3.63, 3.8) is 0 Å². The molecule has 0 bridgehead atoms. The molecule has 0 spiro atoms. The summed E-state index contributed by atoms with van der Waals surface area (Å²) in [7, 11) is 0. The van der Waals surface area contributed by atoms with Gasteiger partial charge >= 0.3 is 6.18 Å². The second kappa shape index (κ2) is 4.18. The van der Waals surface area contributed by atoms with E-state index in [9.17, 15) is 30.7 Å². The standard InChI is InChI=1S/C7H7F7/c1-2-4(8)5(9)6(10,11)3-7(12,13)14/h2,4-5H,1,3H2. The van der Waals surface area contributed by atoms with Crippen LogP contribution in [0.4, 0.5) is 30.7 Å². The van der Waals surface area contributed by atoms with Gasteiger partial charge in [-0.1, -0.05) is 6.08 Å². The summed E-state index contributed by atoms with van der Waals surface area (Å²) >= 11 is 0. The van der Waals surface area contributed by atoms with Gasteiger partial charge in [0, 0.05) is 0 Å². The topological polar surface area (TPSA) is 0 Å². The molecule has 0 aliphatic rings. The first-order valence-electron chi connectivity index (χ1n) is 3.45. The highest BCUT2D eigenvalue weighted by atomic mass is 19.4. The van der Waals surface area contributed by atoms with Gasteiger partial charge in [0.2, 0.25) is 0 Å². The highest BCUT2D eigenvalue weighted by Crippen LogP contribution is 2.37. The fourth-order valence-electron chi connectivity index (χ4n) is 0.717. The third kappa shape index (κ3) is 3.97. The number of alkyl halides is 7. The molecule has 7 heteroatoms. The van der Waals surface area contributed by atoms with Crippen LogP contribution in [-0.2, 0) is 0 Å². The van der Waals surface area contributed by atoms with Gasteiger partial charge < -0.3 is 0 Å². The van der Waals surface area contributed by atoms with Crippen LogP contribution in [0.5, 0.6) is 0 Å². The maximum absolute atomic E-state index is 12.4. The van der Waals surface area contributed by atoms with E-state index in [1.54, 1.807) is 0 Å². The Labute approximate surface area is 75.4 Å². The van der Waals surface area contributed by atoms with Crippen LogP contribution in [0.2, 0.25) is 0 Å². The van der Waals surface area contributed by atoms with E-state index in [0.717, 1.165) is 0 Å². The summed E-state index contributed by atoms with van der Waals surface area (Å²) < 4.78 is 83.9. The molecule has 0 aromatic heterocycles. The summed E-state index contributed by atoms with van der Waals surface area (Å²) in [5, 5.41) is 0. The van der Waals surface area contributed by atoms with Crippen molar-refractivity contribution >= 4 is 0 Å². The monoisotopic (exact) mass is 224 g/mol. The van der Waals surface area contributed by atoms with Crippen molar-refractivity contribution in [2.45, 2.75) is 30.9 Å². The first-order chi connectivity index (χ1) is 6.10. The molecular weight excluding hydrogens is 217 g/mol. The number of hydrogen-bond acceptors (Lipinski definition) is 0. The smallest absolute Gasteiger partial charge is 0.239 e. The molecule has 84 valence electrons. The summed E-state index contributed by atoms with van der Waals surface area (Å²) in [6.45, 7) is 2.66. The molecule has 0 aliphatic heterocycles. The Morgan fingerprint density at radius 2 is 1.50 bits per heavy atom. The van der Waals surface area contributed by atoms with Crippen LogP contribution in [0, 0.1) is 0 Å². The van der Waals surface area contributed by atoms with Gasteiger partial charge in [0.1, 0.15) is 6.42 Å². The van der Waals surface area contributed by atoms with Crippen molar-refractivity contribution in [3.8, 4) is 0 Å². The SMILES string of the molecule is C=CC(F)C(F)C(F)(F)CC(F)(F)F. The maximum atomic E-state index is 12.4. The van der Waals surface area contributed by atoms with E-state index < -0.39 is 30.9 Å². The van der Waals surface area contributed by atoms with E-state index >= 15 is 0 Å². The fraction of sp³-hybridized carbons (Fsp3) is 0.714. The highest BCUT2D eigenvalue weighted by Gasteiger charge is 2.52.